The summed E-state index contributed by atoms with van der Waals surface area (Å²) in [6.07, 6.45) is 0.687. The zero-order chi connectivity index (χ0) is 15.6. The molecule has 0 radical (unpaired) electrons. The van der Waals surface area contributed by atoms with Gasteiger partial charge in [0.1, 0.15) is 0 Å². The topological polar surface area (TPSA) is 67.9 Å². The fraction of sp³-hybridized carbons (Fsp3) is 0.846. The molecule has 6 nitrogen and oxygen atoms in total. The van der Waals surface area contributed by atoms with E-state index in [-0.39, 0.29) is 23.0 Å². The molecule has 0 bridgehead atoms. The van der Waals surface area contributed by atoms with Gasteiger partial charge >= 0.3 is 6.16 Å². The highest BCUT2D eigenvalue weighted by Gasteiger charge is 2.48. The minimum atomic E-state index is -0.721. The Morgan fingerprint density at radius 2 is 1.75 bits per heavy atom. The van der Waals surface area contributed by atoms with E-state index in [2.05, 4.69) is 10.1 Å². The molecule has 1 fully saturated rings. The number of amides is 1. The molecule has 1 rings (SSSR count). The summed E-state index contributed by atoms with van der Waals surface area (Å²) in [4.78, 5) is 28.3. The van der Waals surface area contributed by atoms with Crippen LogP contribution in [0.5, 0.6) is 0 Å². The van der Waals surface area contributed by atoms with E-state index in [1.807, 2.05) is 50.3 Å². The molecule has 116 valence electrons. The normalized spacial score (nSPS) is 22.1. The van der Waals surface area contributed by atoms with Crippen molar-refractivity contribution in [1.29, 1.82) is 0 Å². The maximum atomic E-state index is 11.6. The van der Waals surface area contributed by atoms with Gasteiger partial charge in [-0.15, -0.1) is 5.06 Å². The molecular weight excluding hydrogens is 375 g/mol. The molecule has 7 heteroatoms. The number of hydrogen-bond donors (Lipinski definition) is 1. The van der Waals surface area contributed by atoms with E-state index in [0.29, 0.717) is 17.3 Å². The first-order chi connectivity index (χ1) is 9.12. The zero-order valence-corrected chi connectivity index (χ0v) is 14.8. The van der Waals surface area contributed by atoms with Crippen molar-refractivity contribution < 1.29 is 19.2 Å². The molecule has 0 atom stereocenters. The number of methoxy groups -OCH3 is 1. The van der Waals surface area contributed by atoms with Crippen molar-refractivity contribution in [2.24, 2.45) is 0 Å². The van der Waals surface area contributed by atoms with Crippen LogP contribution < -0.4 is 5.32 Å². The number of halogens is 1. The number of rotatable bonds is 3. The maximum absolute atomic E-state index is 11.6. The average molecular weight is 398 g/mol. The van der Waals surface area contributed by atoms with Gasteiger partial charge in [-0.2, -0.15) is 0 Å². The van der Waals surface area contributed by atoms with Gasteiger partial charge in [-0.1, -0.05) is 22.6 Å². The number of piperidine rings is 1. The van der Waals surface area contributed by atoms with Crippen LogP contribution in [0.25, 0.3) is 0 Å². The zero-order valence-electron chi connectivity index (χ0n) is 12.7. The molecule has 1 N–H and O–H groups in total. The van der Waals surface area contributed by atoms with Gasteiger partial charge in [0.25, 0.3) is 0 Å². The lowest BCUT2D eigenvalue weighted by Crippen LogP contribution is -2.64. The number of ether oxygens (including phenoxy) is 1. The third-order valence-electron chi connectivity index (χ3n) is 3.41. The van der Waals surface area contributed by atoms with Gasteiger partial charge < -0.3 is 14.9 Å². The first kappa shape index (κ1) is 17.5. The SMILES string of the molecule is COC(=O)ON1C(C)(C)CC(NC(=O)CI)CC1(C)C. The fourth-order valence-electron chi connectivity index (χ4n) is 2.99. The van der Waals surface area contributed by atoms with Crippen LogP contribution >= 0.6 is 22.6 Å². The molecule has 1 aliphatic heterocycles. The van der Waals surface area contributed by atoms with Gasteiger partial charge in [0.2, 0.25) is 5.91 Å². The highest BCUT2D eigenvalue weighted by Crippen LogP contribution is 2.38. The van der Waals surface area contributed by atoms with Gasteiger partial charge in [-0.3, -0.25) is 4.79 Å². The van der Waals surface area contributed by atoms with E-state index in [0.717, 1.165) is 0 Å². The molecular formula is C13H23IN2O4. The molecule has 1 saturated heterocycles. The Balaban J connectivity index is 2.86. The lowest BCUT2D eigenvalue weighted by Gasteiger charge is -2.52. The Kier molecular flexibility index (Phi) is 5.65. The second-order valence-electron chi connectivity index (χ2n) is 6.27. The molecule has 1 amide bonds. The van der Waals surface area contributed by atoms with Crippen molar-refractivity contribution in [3.8, 4) is 0 Å². The first-order valence-electron chi connectivity index (χ1n) is 6.54. The van der Waals surface area contributed by atoms with Crippen LogP contribution in [0.15, 0.2) is 0 Å². The lowest BCUT2D eigenvalue weighted by atomic mass is 9.79. The standard InChI is InChI=1S/C13H23IN2O4/c1-12(2)6-9(15-10(17)8-14)7-13(3,4)16(12)20-11(18)19-5/h9H,6-8H2,1-5H3,(H,15,17). The predicted molar refractivity (Wildman–Crippen MR) is 83.5 cm³/mol. The van der Waals surface area contributed by atoms with Crippen LogP contribution in [0.1, 0.15) is 40.5 Å². The van der Waals surface area contributed by atoms with Crippen LogP contribution in [0.2, 0.25) is 0 Å². The molecule has 0 aromatic heterocycles. The van der Waals surface area contributed by atoms with Crippen LogP contribution in [-0.4, -0.2) is 45.8 Å². The molecule has 0 unspecified atom stereocenters. The number of nitrogens with zero attached hydrogens (tertiary/aromatic N) is 1. The fourth-order valence-corrected chi connectivity index (χ4v) is 3.21. The van der Waals surface area contributed by atoms with Crippen molar-refractivity contribution in [2.75, 3.05) is 11.5 Å². The van der Waals surface area contributed by atoms with Gasteiger partial charge in [-0.05, 0) is 40.5 Å². The number of carbonyl (C=O) groups is 2. The average Bonchev–Trinajstić information content (AvgIpc) is 2.32. The van der Waals surface area contributed by atoms with Crippen LogP contribution in [0, 0.1) is 0 Å². The molecule has 1 heterocycles. The Morgan fingerprint density at radius 3 is 2.15 bits per heavy atom. The number of nitrogens with one attached hydrogen (secondary N) is 1. The third-order valence-corrected chi connectivity index (χ3v) is 4.10. The van der Waals surface area contributed by atoms with Crippen molar-refractivity contribution in [3.63, 3.8) is 0 Å². The quantitative estimate of drug-likeness (QED) is 0.449. The summed E-state index contributed by atoms with van der Waals surface area (Å²) in [5, 5.41) is 4.70. The van der Waals surface area contributed by atoms with E-state index >= 15 is 0 Å². The van der Waals surface area contributed by atoms with Crippen molar-refractivity contribution in [3.05, 3.63) is 0 Å². The van der Waals surface area contributed by atoms with Crippen LogP contribution in [0.3, 0.4) is 0 Å². The van der Waals surface area contributed by atoms with Gasteiger partial charge in [0, 0.05) is 6.04 Å². The number of alkyl halides is 1. The highest BCUT2D eigenvalue weighted by atomic mass is 127. The molecule has 1 aliphatic rings. The summed E-state index contributed by atoms with van der Waals surface area (Å²) in [5.74, 6) is 0.0320. The smallest absolute Gasteiger partial charge is 0.436 e. The lowest BCUT2D eigenvalue weighted by molar-refractivity contribution is -0.253. The summed E-state index contributed by atoms with van der Waals surface area (Å²) in [7, 11) is 1.29. The van der Waals surface area contributed by atoms with E-state index in [1.165, 1.54) is 7.11 Å². The van der Waals surface area contributed by atoms with E-state index in [4.69, 9.17) is 4.84 Å². The van der Waals surface area contributed by atoms with Gasteiger partial charge in [-0.25, -0.2) is 4.79 Å². The van der Waals surface area contributed by atoms with E-state index in [1.54, 1.807) is 5.06 Å². The number of carbonyl (C=O) groups excluding carboxylic acids is 2. The Bertz CT molecular complexity index is 367. The molecule has 20 heavy (non-hydrogen) atoms. The third kappa shape index (κ3) is 4.21. The summed E-state index contributed by atoms with van der Waals surface area (Å²) < 4.78 is 5.02. The van der Waals surface area contributed by atoms with Crippen LogP contribution in [0.4, 0.5) is 4.79 Å². The molecule has 0 aromatic rings. The summed E-state index contributed by atoms with van der Waals surface area (Å²) in [6, 6.07) is 0.0692. The first-order valence-corrected chi connectivity index (χ1v) is 8.06. The molecule has 0 aromatic carbocycles. The second-order valence-corrected chi connectivity index (χ2v) is 7.03. The number of hydroxylamine groups is 2. The van der Waals surface area contributed by atoms with E-state index < -0.39 is 6.16 Å². The minimum Gasteiger partial charge on any atom is -0.436 e. The Labute approximate surface area is 133 Å². The van der Waals surface area contributed by atoms with Crippen molar-refractivity contribution in [1.82, 2.24) is 10.4 Å². The highest BCUT2D eigenvalue weighted by molar-refractivity contribution is 14.1. The Morgan fingerprint density at radius 1 is 1.25 bits per heavy atom. The summed E-state index contributed by atoms with van der Waals surface area (Å²) in [6.45, 7) is 7.94. The predicted octanol–water partition coefficient (Wildman–Crippen LogP) is 2.26. The monoisotopic (exact) mass is 398 g/mol. The summed E-state index contributed by atoms with van der Waals surface area (Å²) in [5.41, 5.74) is -0.779. The van der Waals surface area contributed by atoms with Crippen molar-refractivity contribution >= 4 is 34.7 Å². The Hall–Kier alpha value is -0.570. The molecule has 0 saturated carbocycles. The maximum Gasteiger partial charge on any atom is 0.527 e. The second kappa shape index (κ2) is 6.46. The van der Waals surface area contributed by atoms with Crippen molar-refractivity contribution in [2.45, 2.75) is 57.7 Å². The molecule has 0 aliphatic carbocycles. The van der Waals surface area contributed by atoms with Crippen LogP contribution in [-0.2, 0) is 14.4 Å². The summed E-state index contributed by atoms with van der Waals surface area (Å²) >= 11 is 2.04. The minimum absolute atomic E-state index is 0.0320. The van der Waals surface area contributed by atoms with E-state index in [9.17, 15) is 9.59 Å². The number of hydrogen-bond acceptors (Lipinski definition) is 5. The van der Waals surface area contributed by atoms with Gasteiger partial charge in [0.05, 0.1) is 22.6 Å². The van der Waals surface area contributed by atoms with Gasteiger partial charge in [0.15, 0.2) is 0 Å². The largest absolute Gasteiger partial charge is 0.527 e. The molecule has 0 spiro atoms.